The second kappa shape index (κ2) is 7.64. The normalized spacial score (nSPS) is 12.6. The van der Waals surface area contributed by atoms with Crippen molar-refractivity contribution < 1.29 is 9.53 Å². The maximum Gasteiger partial charge on any atom is 0.412 e. The quantitative estimate of drug-likeness (QED) is 0.623. The van der Waals surface area contributed by atoms with Crippen LogP contribution in [0.5, 0.6) is 0 Å². The lowest BCUT2D eigenvalue weighted by atomic mass is 10.1. The first kappa shape index (κ1) is 18.9. The molecule has 1 unspecified atom stereocenters. The molecule has 130 valence electrons. The Labute approximate surface area is 156 Å². The Bertz CT molecular complexity index is 726. The SMILES string of the molecule is CC(Nc1cccc(NC(=O)OC(C)(C)C)c1)c1cc(Cl)sc1Cl. The third-order valence-electron chi connectivity index (χ3n) is 3.04. The Morgan fingerprint density at radius 1 is 1.21 bits per heavy atom. The number of nitrogens with one attached hydrogen (secondary N) is 2. The predicted octanol–water partition coefficient (Wildman–Crippen LogP) is 6.58. The van der Waals surface area contributed by atoms with E-state index in [4.69, 9.17) is 27.9 Å². The Hall–Kier alpha value is -1.43. The summed E-state index contributed by atoms with van der Waals surface area (Å²) in [6, 6.07) is 9.24. The van der Waals surface area contributed by atoms with Gasteiger partial charge in [0.2, 0.25) is 0 Å². The number of carbonyl (C=O) groups is 1. The van der Waals surface area contributed by atoms with Crippen LogP contribution < -0.4 is 10.6 Å². The highest BCUT2D eigenvalue weighted by atomic mass is 35.5. The fourth-order valence-electron chi connectivity index (χ4n) is 2.08. The molecular weight excluding hydrogens is 367 g/mol. The van der Waals surface area contributed by atoms with Crippen LogP contribution in [0.15, 0.2) is 30.3 Å². The Kier molecular flexibility index (Phi) is 6.01. The summed E-state index contributed by atoms with van der Waals surface area (Å²) in [6.45, 7) is 7.46. The molecule has 0 spiro atoms. The lowest BCUT2D eigenvalue weighted by Crippen LogP contribution is -2.27. The molecule has 0 fully saturated rings. The molecule has 2 aromatic rings. The summed E-state index contributed by atoms with van der Waals surface area (Å²) in [4.78, 5) is 11.8. The van der Waals surface area contributed by atoms with Gasteiger partial charge in [-0.2, -0.15) is 0 Å². The van der Waals surface area contributed by atoms with Gasteiger partial charge in [-0.15, -0.1) is 11.3 Å². The van der Waals surface area contributed by atoms with Crippen molar-refractivity contribution in [2.75, 3.05) is 10.6 Å². The molecule has 1 heterocycles. The van der Waals surface area contributed by atoms with Crippen molar-refractivity contribution in [3.8, 4) is 0 Å². The molecular formula is C17H20Cl2N2O2S. The van der Waals surface area contributed by atoms with Gasteiger partial charge in [0, 0.05) is 16.9 Å². The van der Waals surface area contributed by atoms with Crippen LogP contribution in [0.2, 0.25) is 8.67 Å². The third kappa shape index (κ3) is 5.58. The zero-order valence-electron chi connectivity index (χ0n) is 13.9. The highest BCUT2D eigenvalue weighted by molar-refractivity contribution is 7.20. The largest absolute Gasteiger partial charge is 0.444 e. The van der Waals surface area contributed by atoms with Gasteiger partial charge >= 0.3 is 6.09 Å². The number of hydrogen-bond donors (Lipinski definition) is 2. The zero-order chi connectivity index (χ0) is 17.9. The average Bonchev–Trinajstić information content (AvgIpc) is 2.76. The lowest BCUT2D eigenvalue weighted by Gasteiger charge is -2.20. The van der Waals surface area contributed by atoms with Crippen LogP contribution in [-0.2, 0) is 4.74 Å². The first-order valence-electron chi connectivity index (χ1n) is 7.45. The minimum Gasteiger partial charge on any atom is -0.444 e. The van der Waals surface area contributed by atoms with Gasteiger partial charge in [-0.05, 0) is 52.0 Å². The van der Waals surface area contributed by atoms with E-state index in [9.17, 15) is 4.79 Å². The van der Waals surface area contributed by atoms with Crippen LogP contribution >= 0.6 is 34.5 Å². The van der Waals surface area contributed by atoms with Gasteiger partial charge in [0.15, 0.2) is 0 Å². The summed E-state index contributed by atoms with van der Waals surface area (Å²) in [5, 5.41) is 6.07. The highest BCUT2D eigenvalue weighted by Crippen LogP contribution is 2.36. The molecule has 0 aliphatic carbocycles. The topological polar surface area (TPSA) is 50.4 Å². The molecule has 0 bridgehead atoms. The van der Waals surface area contributed by atoms with E-state index in [0.29, 0.717) is 14.4 Å². The summed E-state index contributed by atoms with van der Waals surface area (Å²) < 4.78 is 6.58. The van der Waals surface area contributed by atoms with Crippen molar-refractivity contribution in [2.24, 2.45) is 0 Å². The van der Waals surface area contributed by atoms with Crippen LogP contribution in [0.1, 0.15) is 39.3 Å². The fraction of sp³-hybridized carbons (Fsp3) is 0.353. The van der Waals surface area contributed by atoms with Gasteiger partial charge in [-0.3, -0.25) is 5.32 Å². The van der Waals surface area contributed by atoms with Crippen LogP contribution in [0.4, 0.5) is 16.2 Å². The molecule has 1 atom stereocenters. The lowest BCUT2D eigenvalue weighted by molar-refractivity contribution is 0.0636. The number of thiophene rings is 1. The highest BCUT2D eigenvalue weighted by Gasteiger charge is 2.17. The molecule has 0 radical (unpaired) electrons. The minimum absolute atomic E-state index is 0.0157. The second-order valence-electron chi connectivity index (χ2n) is 6.35. The van der Waals surface area contributed by atoms with Crippen molar-refractivity contribution >= 4 is 52.0 Å². The second-order valence-corrected chi connectivity index (χ2v) is 8.64. The van der Waals surface area contributed by atoms with Crippen LogP contribution in [0.3, 0.4) is 0 Å². The zero-order valence-corrected chi connectivity index (χ0v) is 16.3. The number of anilines is 2. The van der Waals surface area contributed by atoms with E-state index in [0.717, 1.165) is 11.3 Å². The van der Waals surface area contributed by atoms with E-state index >= 15 is 0 Å². The molecule has 0 saturated carbocycles. The van der Waals surface area contributed by atoms with Crippen LogP contribution in [-0.4, -0.2) is 11.7 Å². The van der Waals surface area contributed by atoms with Crippen LogP contribution in [0.25, 0.3) is 0 Å². The molecule has 7 heteroatoms. The molecule has 2 rings (SSSR count). The van der Waals surface area contributed by atoms with E-state index in [1.165, 1.54) is 11.3 Å². The molecule has 4 nitrogen and oxygen atoms in total. The molecule has 0 aliphatic heterocycles. The van der Waals surface area contributed by atoms with Gasteiger partial charge in [-0.1, -0.05) is 29.3 Å². The van der Waals surface area contributed by atoms with E-state index in [-0.39, 0.29) is 6.04 Å². The number of rotatable bonds is 4. The Morgan fingerprint density at radius 3 is 2.46 bits per heavy atom. The maximum atomic E-state index is 11.8. The molecule has 1 amide bonds. The van der Waals surface area contributed by atoms with Crippen molar-refractivity contribution in [2.45, 2.75) is 39.3 Å². The summed E-state index contributed by atoms with van der Waals surface area (Å²) in [6.07, 6.45) is -0.486. The van der Waals surface area contributed by atoms with Gasteiger partial charge in [0.1, 0.15) is 5.60 Å². The van der Waals surface area contributed by atoms with Gasteiger partial charge < -0.3 is 10.1 Å². The molecule has 0 saturated heterocycles. The molecule has 24 heavy (non-hydrogen) atoms. The minimum atomic E-state index is -0.538. The summed E-state index contributed by atoms with van der Waals surface area (Å²) in [5.41, 5.74) is 1.91. The van der Waals surface area contributed by atoms with Crippen molar-refractivity contribution in [3.05, 3.63) is 44.6 Å². The van der Waals surface area contributed by atoms with Crippen LogP contribution in [0, 0.1) is 0 Å². The summed E-state index contributed by atoms with van der Waals surface area (Å²) in [5.74, 6) is 0. The van der Waals surface area contributed by atoms with E-state index in [1.54, 1.807) is 6.07 Å². The smallest absolute Gasteiger partial charge is 0.412 e. The fourth-order valence-corrected chi connectivity index (χ4v) is 3.73. The molecule has 1 aromatic carbocycles. The predicted molar refractivity (Wildman–Crippen MR) is 103 cm³/mol. The maximum absolute atomic E-state index is 11.8. The number of benzene rings is 1. The summed E-state index contributed by atoms with van der Waals surface area (Å²) in [7, 11) is 0. The summed E-state index contributed by atoms with van der Waals surface area (Å²) >= 11 is 13.5. The number of halogens is 2. The van der Waals surface area contributed by atoms with E-state index in [2.05, 4.69) is 10.6 Å². The monoisotopic (exact) mass is 386 g/mol. The van der Waals surface area contributed by atoms with Crippen molar-refractivity contribution in [1.82, 2.24) is 0 Å². The van der Waals surface area contributed by atoms with Gasteiger partial charge in [0.05, 0.1) is 14.7 Å². The van der Waals surface area contributed by atoms with E-state index < -0.39 is 11.7 Å². The van der Waals surface area contributed by atoms with E-state index in [1.807, 2.05) is 52.0 Å². The van der Waals surface area contributed by atoms with Crippen molar-refractivity contribution in [3.63, 3.8) is 0 Å². The standard InChI is InChI=1S/C17H20Cl2N2O2S/c1-10(13-9-14(18)24-15(13)19)20-11-6-5-7-12(8-11)21-16(22)23-17(2,3)4/h5-10,20H,1-4H3,(H,21,22). The number of amides is 1. The molecule has 2 N–H and O–H groups in total. The molecule has 0 aliphatic rings. The number of hydrogen-bond acceptors (Lipinski definition) is 4. The average molecular weight is 387 g/mol. The number of ether oxygens (including phenoxy) is 1. The Balaban J connectivity index is 2.05. The van der Waals surface area contributed by atoms with Gasteiger partial charge in [-0.25, -0.2) is 4.79 Å². The van der Waals surface area contributed by atoms with Crippen molar-refractivity contribution in [1.29, 1.82) is 0 Å². The van der Waals surface area contributed by atoms with Gasteiger partial charge in [0.25, 0.3) is 0 Å². The molecule has 1 aromatic heterocycles. The first-order chi connectivity index (χ1) is 11.1. The number of carbonyl (C=O) groups excluding carboxylic acids is 1. The third-order valence-corrected chi connectivity index (χ3v) is 4.56. The first-order valence-corrected chi connectivity index (χ1v) is 9.02. The Morgan fingerprint density at radius 2 is 1.88 bits per heavy atom.